The summed E-state index contributed by atoms with van der Waals surface area (Å²) in [6, 6.07) is 3.06. The van der Waals surface area contributed by atoms with E-state index in [-0.39, 0.29) is 4.90 Å². The predicted molar refractivity (Wildman–Crippen MR) is 77.2 cm³/mol. The average Bonchev–Trinajstić information content (AvgIpc) is 2.39. The van der Waals surface area contributed by atoms with Gasteiger partial charge in [0.25, 0.3) is 0 Å². The van der Waals surface area contributed by atoms with Crippen LogP contribution in [0, 0.1) is 0 Å². The maximum Gasteiger partial charge on any atom is 0.241 e. The van der Waals surface area contributed by atoms with Crippen LogP contribution < -0.4 is 10.0 Å². The van der Waals surface area contributed by atoms with E-state index in [9.17, 15) is 8.42 Å². The van der Waals surface area contributed by atoms with Gasteiger partial charge in [-0.3, -0.25) is 0 Å². The number of rotatable bonds is 5. The number of sulfonamides is 1. The Morgan fingerprint density at radius 1 is 1.40 bits per heavy atom. The van der Waals surface area contributed by atoms with Crippen LogP contribution in [0.2, 0.25) is 0 Å². The molecule has 0 bridgehead atoms. The van der Waals surface area contributed by atoms with Gasteiger partial charge in [0.05, 0.1) is 4.90 Å². The summed E-state index contributed by atoms with van der Waals surface area (Å²) in [6.45, 7) is 5.71. The first kappa shape index (κ1) is 15.2. The van der Waals surface area contributed by atoms with Crippen LogP contribution >= 0.6 is 0 Å². The molecule has 0 spiro atoms. The fraction of sp³-hybridized carbons (Fsp3) is 0.615. The van der Waals surface area contributed by atoms with Crippen molar-refractivity contribution in [2.24, 2.45) is 0 Å². The second-order valence-electron chi connectivity index (χ2n) is 5.19. The van der Waals surface area contributed by atoms with E-state index in [1.807, 2.05) is 13.8 Å². The van der Waals surface area contributed by atoms with Crippen molar-refractivity contribution in [1.82, 2.24) is 9.71 Å². The van der Waals surface area contributed by atoms with Crippen molar-refractivity contribution in [2.75, 3.05) is 25.1 Å². The van der Waals surface area contributed by atoms with Gasteiger partial charge in [0, 0.05) is 37.6 Å². The second kappa shape index (κ2) is 6.07. The van der Waals surface area contributed by atoms with E-state index in [4.69, 9.17) is 4.74 Å². The number of anilines is 1. The molecule has 0 radical (unpaired) electrons. The summed E-state index contributed by atoms with van der Waals surface area (Å²) in [7, 11) is -3.54. The Morgan fingerprint density at radius 2 is 2.10 bits per heavy atom. The van der Waals surface area contributed by atoms with Gasteiger partial charge in [0.15, 0.2) is 0 Å². The standard InChI is InChI=1S/C13H21N3O3S/c1-3-14-12-10-11(4-7-15-12)20(17,18)16-13(2)5-8-19-9-6-13/h4,7,10,16H,3,5-6,8-9H2,1-2H3,(H,14,15). The molecule has 1 saturated heterocycles. The highest BCUT2D eigenvalue weighted by Crippen LogP contribution is 2.23. The number of hydrogen-bond acceptors (Lipinski definition) is 5. The lowest BCUT2D eigenvalue weighted by Crippen LogP contribution is -2.49. The molecule has 1 aromatic heterocycles. The van der Waals surface area contributed by atoms with E-state index < -0.39 is 15.6 Å². The molecule has 0 saturated carbocycles. The molecule has 112 valence electrons. The van der Waals surface area contributed by atoms with Crippen LogP contribution in [0.25, 0.3) is 0 Å². The molecule has 1 fully saturated rings. The predicted octanol–water partition coefficient (Wildman–Crippen LogP) is 1.36. The van der Waals surface area contributed by atoms with Crippen molar-refractivity contribution in [3.8, 4) is 0 Å². The van der Waals surface area contributed by atoms with Crippen molar-refractivity contribution in [2.45, 2.75) is 37.1 Å². The van der Waals surface area contributed by atoms with Gasteiger partial charge in [0.2, 0.25) is 10.0 Å². The average molecular weight is 299 g/mol. The minimum Gasteiger partial charge on any atom is -0.381 e. The highest BCUT2D eigenvalue weighted by molar-refractivity contribution is 7.89. The van der Waals surface area contributed by atoms with Gasteiger partial charge in [-0.15, -0.1) is 0 Å². The molecule has 2 heterocycles. The molecule has 6 nitrogen and oxygen atoms in total. The molecule has 0 atom stereocenters. The maximum atomic E-state index is 12.5. The molecule has 7 heteroatoms. The number of aromatic nitrogens is 1. The second-order valence-corrected chi connectivity index (χ2v) is 6.87. The first-order chi connectivity index (χ1) is 9.45. The summed E-state index contributed by atoms with van der Waals surface area (Å²) in [5, 5.41) is 3.01. The molecule has 0 amide bonds. The van der Waals surface area contributed by atoms with Crippen molar-refractivity contribution >= 4 is 15.8 Å². The fourth-order valence-electron chi connectivity index (χ4n) is 2.16. The molecule has 1 aliphatic heterocycles. The van der Waals surface area contributed by atoms with Crippen LogP contribution in [0.5, 0.6) is 0 Å². The molecule has 0 aliphatic carbocycles. The summed E-state index contributed by atoms with van der Waals surface area (Å²) in [5.74, 6) is 0.563. The Hall–Kier alpha value is -1.18. The molecule has 1 aliphatic rings. The number of nitrogens with zero attached hydrogens (tertiary/aromatic N) is 1. The van der Waals surface area contributed by atoms with E-state index in [0.29, 0.717) is 38.4 Å². The maximum absolute atomic E-state index is 12.5. The Kier molecular flexibility index (Phi) is 4.62. The molecular weight excluding hydrogens is 278 g/mol. The number of nitrogens with one attached hydrogen (secondary N) is 2. The zero-order valence-corrected chi connectivity index (χ0v) is 12.7. The van der Waals surface area contributed by atoms with Crippen LogP contribution in [0.3, 0.4) is 0 Å². The van der Waals surface area contributed by atoms with Crippen molar-refractivity contribution in [3.63, 3.8) is 0 Å². The van der Waals surface area contributed by atoms with Crippen LogP contribution in [-0.4, -0.2) is 38.7 Å². The zero-order valence-electron chi connectivity index (χ0n) is 11.8. The summed E-state index contributed by atoms with van der Waals surface area (Å²) in [6.07, 6.45) is 2.85. The van der Waals surface area contributed by atoms with Gasteiger partial charge in [-0.2, -0.15) is 0 Å². The largest absolute Gasteiger partial charge is 0.381 e. The van der Waals surface area contributed by atoms with E-state index in [0.717, 1.165) is 0 Å². The lowest BCUT2D eigenvalue weighted by molar-refractivity contribution is 0.0537. The van der Waals surface area contributed by atoms with Gasteiger partial charge >= 0.3 is 0 Å². The molecule has 0 unspecified atom stereocenters. The minimum absolute atomic E-state index is 0.233. The summed E-state index contributed by atoms with van der Waals surface area (Å²) in [4.78, 5) is 4.32. The quantitative estimate of drug-likeness (QED) is 0.858. The van der Waals surface area contributed by atoms with Crippen LogP contribution in [0.1, 0.15) is 26.7 Å². The molecule has 20 heavy (non-hydrogen) atoms. The smallest absolute Gasteiger partial charge is 0.241 e. The number of ether oxygens (including phenoxy) is 1. The lowest BCUT2D eigenvalue weighted by atomic mass is 9.94. The minimum atomic E-state index is -3.54. The van der Waals surface area contributed by atoms with Crippen molar-refractivity contribution in [3.05, 3.63) is 18.3 Å². The highest BCUT2D eigenvalue weighted by Gasteiger charge is 2.32. The van der Waals surface area contributed by atoms with E-state index in [1.165, 1.54) is 12.3 Å². The van der Waals surface area contributed by atoms with Gasteiger partial charge < -0.3 is 10.1 Å². The van der Waals surface area contributed by atoms with Crippen LogP contribution in [0.4, 0.5) is 5.82 Å². The van der Waals surface area contributed by atoms with Crippen LogP contribution in [-0.2, 0) is 14.8 Å². The van der Waals surface area contributed by atoms with Gasteiger partial charge in [-0.25, -0.2) is 18.1 Å². The monoisotopic (exact) mass is 299 g/mol. The molecular formula is C13H21N3O3S. The Morgan fingerprint density at radius 3 is 2.75 bits per heavy atom. The Bertz CT molecular complexity index is 554. The van der Waals surface area contributed by atoms with E-state index >= 15 is 0 Å². The fourth-order valence-corrected chi connectivity index (χ4v) is 3.64. The number of hydrogen-bond donors (Lipinski definition) is 2. The van der Waals surface area contributed by atoms with Gasteiger partial charge in [0.1, 0.15) is 5.82 Å². The topological polar surface area (TPSA) is 80.3 Å². The molecule has 2 rings (SSSR count). The Labute approximate surface area is 120 Å². The zero-order chi connectivity index (χ0) is 14.6. The summed E-state index contributed by atoms with van der Waals surface area (Å²) < 4.78 is 33.0. The summed E-state index contributed by atoms with van der Waals surface area (Å²) in [5.41, 5.74) is -0.446. The number of pyridine rings is 1. The van der Waals surface area contributed by atoms with Crippen molar-refractivity contribution < 1.29 is 13.2 Å². The van der Waals surface area contributed by atoms with E-state index in [1.54, 1.807) is 6.07 Å². The third-order valence-electron chi connectivity index (χ3n) is 3.38. The SMILES string of the molecule is CCNc1cc(S(=O)(=O)NC2(C)CCOCC2)ccn1. The van der Waals surface area contributed by atoms with Crippen LogP contribution in [0.15, 0.2) is 23.2 Å². The van der Waals surface area contributed by atoms with Crippen molar-refractivity contribution in [1.29, 1.82) is 0 Å². The Balaban J connectivity index is 2.19. The van der Waals surface area contributed by atoms with Gasteiger partial charge in [-0.1, -0.05) is 0 Å². The molecule has 1 aromatic rings. The normalized spacial score (nSPS) is 18.7. The molecule has 0 aromatic carbocycles. The third-order valence-corrected chi connectivity index (χ3v) is 5.01. The summed E-state index contributed by atoms with van der Waals surface area (Å²) >= 11 is 0. The first-order valence-electron chi connectivity index (χ1n) is 6.77. The molecule has 2 N–H and O–H groups in total. The third kappa shape index (κ3) is 3.68. The van der Waals surface area contributed by atoms with Gasteiger partial charge in [-0.05, 0) is 32.8 Å². The first-order valence-corrected chi connectivity index (χ1v) is 8.25. The van der Waals surface area contributed by atoms with E-state index in [2.05, 4.69) is 15.0 Å². The highest BCUT2D eigenvalue weighted by atomic mass is 32.2. The lowest BCUT2D eigenvalue weighted by Gasteiger charge is -2.34.